The van der Waals surface area contributed by atoms with Gasteiger partial charge in [-0.15, -0.1) is 0 Å². The molecule has 1 saturated heterocycles. The summed E-state index contributed by atoms with van der Waals surface area (Å²) in [5.74, 6) is 0. The van der Waals surface area contributed by atoms with Crippen LogP contribution < -0.4 is 10.6 Å². The van der Waals surface area contributed by atoms with Gasteiger partial charge in [-0.25, -0.2) is 0 Å². The molecule has 2 N–H and O–H groups in total. The number of hydrogen-bond donors (Lipinski definition) is 2. The summed E-state index contributed by atoms with van der Waals surface area (Å²) in [5, 5.41) is 6.64. The number of carbonyl (C=O) groups is 1. The van der Waals surface area contributed by atoms with E-state index in [1.807, 2.05) is 30.3 Å². The van der Waals surface area contributed by atoms with Crippen LogP contribution in [0.4, 0.5) is 0 Å². The monoisotopic (exact) mass is 220 g/mol. The molecule has 0 spiro atoms. The highest BCUT2D eigenvalue weighted by atomic mass is 16.5. The maximum absolute atomic E-state index is 10.6. The van der Waals surface area contributed by atoms with E-state index < -0.39 is 0 Å². The average Bonchev–Trinajstić information content (AvgIpc) is 2.38. The lowest BCUT2D eigenvalue weighted by atomic mass is 10.0. The molecule has 0 saturated carbocycles. The molecule has 0 bridgehead atoms. The summed E-state index contributed by atoms with van der Waals surface area (Å²) in [7, 11) is 0. The maximum Gasteiger partial charge on any atom is 0.293 e. The minimum atomic E-state index is -0.216. The lowest BCUT2D eigenvalue weighted by molar-refractivity contribution is -0.135. The van der Waals surface area contributed by atoms with E-state index in [0.29, 0.717) is 6.47 Å². The number of rotatable bonds is 4. The van der Waals surface area contributed by atoms with Gasteiger partial charge in [0.05, 0.1) is 6.04 Å². The number of hydrogen-bond acceptors (Lipinski definition) is 4. The second-order valence-electron chi connectivity index (χ2n) is 3.83. The van der Waals surface area contributed by atoms with Gasteiger partial charge < -0.3 is 15.4 Å². The van der Waals surface area contributed by atoms with Crippen molar-refractivity contribution in [3.8, 4) is 0 Å². The van der Waals surface area contributed by atoms with Crippen molar-refractivity contribution in [1.29, 1.82) is 0 Å². The minimum absolute atomic E-state index is 0.140. The van der Waals surface area contributed by atoms with E-state index in [1.54, 1.807) is 0 Å². The van der Waals surface area contributed by atoms with Crippen molar-refractivity contribution in [1.82, 2.24) is 10.6 Å². The smallest absolute Gasteiger partial charge is 0.293 e. The van der Waals surface area contributed by atoms with Crippen LogP contribution >= 0.6 is 0 Å². The number of piperazine rings is 1. The van der Waals surface area contributed by atoms with Crippen molar-refractivity contribution in [3.63, 3.8) is 0 Å². The molecule has 1 aliphatic heterocycles. The fraction of sp³-hybridized carbons (Fsp3) is 0.417. The first-order valence-corrected chi connectivity index (χ1v) is 5.50. The summed E-state index contributed by atoms with van der Waals surface area (Å²) in [6.45, 7) is 3.19. The van der Waals surface area contributed by atoms with E-state index in [2.05, 4.69) is 10.6 Å². The Hall–Kier alpha value is -1.39. The van der Waals surface area contributed by atoms with Crippen molar-refractivity contribution < 1.29 is 9.53 Å². The standard InChI is InChI=1S/C12H16N2O2/c15-9-16-12(10-4-2-1-3-5-10)11-8-13-6-7-14-11/h1-5,9,11-14H,6-8H2. The fourth-order valence-electron chi connectivity index (χ4n) is 2.00. The van der Waals surface area contributed by atoms with Crippen molar-refractivity contribution in [2.75, 3.05) is 19.6 Å². The van der Waals surface area contributed by atoms with Crippen LogP contribution in [0.2, 0.25) is 0 Å². The molecule has 1 aromatic carbocycles. The van der Waals surface area contributed by atoms with Crippen molar-refractivity contribution in [3.05, 3.63) is 35.9 Å². The Morgan fingerprint density at radius 1 is 1.31 bits per heavy atom. The Labute approximate surface area is 95.0 Å². The predicted octanol–water partition coefficient (Wildman–Crippen LogP) is 0.462. The molecule has 2 rings (SSSR count). The highest BCUT2D eigenvalue weighted by Gasteiger charge is 2.25. The first-order valence-electron chi connectivity index (χ1n) is 5.50. The lowest BCUT2D eigenvalue weighted by Gasteiger charge is -2.30. The van der Waals surface area contributed by atoms with Gasteiger partial charge in [0.15, 0.2) is 0 Å². The summed E-state index contributed by atoms with van der Waals surface area (Å²) in [4.78, 5) is 10.6. The summed E-state index contributed by atoms with van der Waals surface area (Å²) in [6.07, 6.45) is -0.216. The quantitative estimate of drug-likeness (QED) is 0.724. The number of ether oxygens (including phenoxy) is 1. The van der Waals surface area contributed by atoms with E-state index in [9.17, 15) is 4.79 Å². The predicted molar refractivity (Wildman–Crippen MR) is 61.0 cm³/mol. The fourth-order valence-corrected chi connectivity index (χ4v) is 2.00. The second kappa shape index (κ2) is 5.63. The number of benzene rings is 1. The van der Waals surface area contributed by atoms with Gasteiger partial charge in [-0.1, -0.05) is 30.3 Å². The van der Waals surface area contributed by atoms with E-state index in [4.69, 9.17) is 4.74 Å². The van der Waals surface area contributed by atoms with Crippen LogP contribution in [0.25, 0.3) is 0 Å². The van der Waals surface area contributed by atoms with Crippen molar-refractivity contribution in [2.45, 2.75) is 12.1 Å². The average molecular weight is 220 g/mol. The topological polar surface area (TPSA) is 50.4 Å². The van der Waals surface area contributed by atoms with Crippen molar-refractivity contribution >= 4 is 6.47 Å². The molecule has 2 unspecified atom stereocenters. The van der Waals surface area contributed by atoms with Crippen LogP contribution in [0.3, 0.4) is 0 Å². The molecule has 4 heteroatoms. The van der Waals surface area contributed by atoms with Crippen molar-refractivity contribution in [2.24, 2.45) is 0 Å². The normalized spacial score (nSPS) is 22.4. The van der Waals surface area contributed by atoms with Gasteiger partial charge in [0.1, 0.15) is 6.10 Å². The highest BCUT2D eigenvalue weighted by Crippen LogP contribution is 2.20. The summed E-state index contributed by atoms with van der Waals surface area (Å²) in [6, 6.07) is 9.95. The van der Waals surface area contributed by atoms with Crippen LogP contribution in [0.15, 0.2) is 30.3 Å². The SMILES string of the molecule is O=COC(c1ccccc1)C1CNCCN1. The summed E-state index contributed by atoms with van der Waals surface area (Å²) < 4.78 is 5.18. The number of carbonyl (C=O) groups excluding carboxylic acids is 1. The zero-order valence-electron chi connectivity index (χ0n) is 9.06. The largest absolute Gasteiger partial charge is 0.458 e. The van der Waals surface area contributed by atoms with E-state index in [-0.39, 0.29) is 12.1 Å². The molecular weight excluding hydrogens is 204 g/mol. The molecule has 1 heterocycles. The Bertz CT molecular complexity index is 323. The molecule has 0 aliphatic carbocycles. The molecule has 0 amide bonds. The molecule has 16 heavy (non-hydrogen) atoms. The molecule has 2 atom stereocenters. The van der Waals surface area contributed by atoms with E-state index in [1.165, 1.54) is 0 Å². The van der Waals surface area contributed by atoms with Crippen LogP contribution in [0, 0.1) is 0 Å². The van der Waals surface area contributed by atoms with Crippen LogP contribution in [0.1, 0.15) is 11.7 Å². The third kappa shape index (κ3) is 2.59. The van der Waals surface area contributed by atoms with Crippen LogP contribution in [-0.4, -0.2) is 32.1 Å². The molecule has 1 aliphatic rings. The van der Waals surface area contributed by atoms with Gasteiger partial charge >= 0.3 is 0 Å². The Kier molecular flexibility index (Phi) is 3.91. The molecule has 86 valence electrons. The first-order chi connectivity index (χ1) is 7.92. The Morgan fingerprint density at radius 3 is 2.75 bits per heavy atom. The molecule has 0 radical (unpaired) electrons. The Morgan fingerprint density at radius 2 is 2.12 bits per heavy atom. The van der Waals surface area contributed by atoms with Gasteiger partial charge in [-0.3, -0.25) is 4.79 Å². The first kappa shape index (κ1) is 11.1. The van der Waals surface area contributed by atoms with E-state index in [0.717, 1.165) is 25.2 Å². The summed E-state index contributed by atoms with van der Waals surface area (Å²) in [5.41, 5.74) is 1.02. The van der Waals surface area contributed by atoms with Gasteiger partial charge in [0.25, 0.3) is 6.47 Å². The minimum Gasteiger partial charge on any atom is -0.458 e. The summed E-state index contributed by atoms with van der Waals surface area (Å²) >= 11 is 0. The molecular formula is C12H16N2O2. The molecule has 4 nitrogen and oxygen atoms in total. The van der Waals surface area contributed by atoms with Gasteiger partial charge in [0, 0.05) is 19.6 Å². The van der Waals surface area contributed by atoms with E-state index >= 15 is 0 Å². The molecule has 0 aromatic heterocycles. The Balaban J connectivity index is 2.12. The molecule has 1 fully saturated rings. The lowest BCUT2D eigenvalue weighted by Crippen LogP contribution is -2.51. The van der Waals surface area contributed by atoms with Gasteiger partial charge in [-0.2, -0.15) is 0 Å². The van der Waals surface area contributed by atoms with Crippen LogP contribution in [-0.2, 0) is 9.53 Å². The third-order valence-corrected chi connectivity index (χ3v) is 2.77. The highest BCUT2D eigenvalue weighted by molar-refractivity contribution is 5.39. The third-order valence-electron chi connectivity index (χ3n) is 2.77. The van der Waals surface area contributed by atoms with Gasteiger partial charge in [0.2, 0.25) is 0 Å². The zero-order chi connectivity index (χ0) is 11.2. The van der Waals surface area contributed by atoms with Gasteiger partial charge in [-0.05, 0) is 5.56 Å². The number of nitrogens with one attached hydrogen (secondary N) is 2. The molecule has 1 aromatic rings. The van der Waals surface area contributed by atoms with Crippen LogP contribution in [0.5, 0.6) is 0 Å². The zero-order valence-corrected chi connectivity index (χ0v) is 9.06. The maximum atomic E-state index is 10.6. The second-order valence-corrected chi connectivity index (χ2v) is 3.83.